The third-order valence-corrected chi connectivity index (χ3v) is 4.90. The van der Waals surface area contributed by atoms with Gasteiger partial charge in [0.25, 0.3) is 5.91 Å². The molecule has 3 aromatic rings. The van der Waals surface area contributed by atoms with Crippen LogP contribution in [0.2, 0.25) is 5.02 Å². The number of nitrogen functional groups attached to an aromatic ring is 1. The van der Waals surface area contributed by atoms with Crippen LogP contribution in [0.4, 0.5) is 15.9 Å². The SMILES string of the molecule is CC(C)(F)Cn1cnc(-c2ccc(N3CCOc4ncnc(N)c4C3=O)cc2Cl)c1. The molecule has 0 fully saturated rings. The third-order valence-electron chi connectivity index (χ3n) is 4.59. The lowest BCUT2D eigenvalue weighted by molar-refractivity contribution is 0.0990. The highest BCUT2D eigenvalue weighted by molar-refractivity contribution is 6.33. The summed E-state index contributed by atoms with van der Waals surface area (Å²) in [4.78, 5) is 26.8. The zero-order chi connectivity index (χ0) is 21.5. The minimum atomic E-state index is -1.36. The van der Waals surface area contributed by atoms with E-state index >= 15 is 0 Å². The molecule has 0 spiro atoms. The molecule has 1 amide bonds. The first-order chi connectivity index (χ1) is 14.2. The number of carbonyl (C=O) groups is 1. The second kappa shape index (κ2) is 7.56. The highest BCUT2D eigenvalue weighted by Gasteiger charge is 2.29. The normalized spacial score (nSPS) is 14.3. The Morgan fingerprint density at radius 2 is 2.10 bits per heavy atom. The molecule has 8 nitrogen and oxygen atoms in total. The van der Waals surface area contributed by atoms with Crippen LogP contribution in [0, 0.1) is 0 Å². The number of ether oxygens (including phenoxy) is 1. The summed E-state index contributed by atoms with van der Waals surface area (Å²) >= 11 is 6.50. The largest absolute Gasteiger partial charge is 0.475 e. The molecule has 3 heterocycles. The maximum atomic E-state index is 13.9. The first-order valence-corrected chi connectivity index (χ1v) is 9.66. The van der Waals surface area contributed by atoms with Crippen LogP contribution in [0.3, 0.4) is 0 Å². The fraction of sp³-hybridized carbons (Fsp3) is 0.300. The van der Waals surface area contributed by atoms with Crippen LogP contribution in [0.1, 0.15) is 24.2 Å². The first-order valence-electron chi connectivity index (χ1n) is 9.29. The number of carbonyl (C=O) groups excluding carboxylic acids is 1. The van der Waals surface area contributed by atoms with Crippen LogP contribution in [-0.4, -0.2) is 44.2 Å². The predicted molar refractivity (Wildman–Crippen MR) is 111 cm³/mol. The molecule has 10 heteroatoms. The summed E-state index contributed by atoms with van der Waals surface area (Å²) in [5.74, 6) is -0.140. The zero-order valence-electron chi connectivity index (χ0n) is 16.5. The van der Waals surface area contributed by atoms with Gasteiger partial charge in [0.05, 0.1) is 30.1 Å². The molecule has 0 aliphatic carbocycles. The predicted octanol–water partition coefficient (Wildman–Crippen LogP) is 3.36. The second-order valence-corrected chi connectivity index (χ2v) is 7.97. The van der Waals surface area contributed by atoms with E-state index in [2.05, 4.69) is 15.0 Å². The molecule has 1 aliphatic rings. The van der Waals surface area contributed by atoms with E-state index in [4.69, 9.17) is 22.1 Å². The monoisotopic (exact) mass is 430 g/mol. The molecule has 30 heavy (non-hydrogen) atoms. The van der Waals surface area contributed by atoms with Crippen molar-refractivity contribution < 1.29 is 13.9 Å². The van der Waals surface area contributed by atoms with Crippen LogP contribution >= 0.6 is 11.6 Å². The summed E-state index contributed by atoms with van der Waals surface area (Å²) in [5.41, 5.74) is 6.52. The second-order valence-electron chi connectivity index (χ2n) is 7.56. The van der Waals surface area contributed by atoms with Crippen molar-refractivity contribution in [2.24, 2.45) is 0 Å². The zero-order valence-corrected chi connectivity index (χ0v) is 17.2. The molecule has 2 N–H and O–H groups in total. The number of hydrogen-bond acceptors (Lipinski definition) is 6. The molecule has 0 saturated heterocycles. The van der Waals surface area contributed by atoms with Gasteiger partial charge in [-0.15, -0.1) is 0 Å². The van der Waals surface area contributed by atoms with Crippen LogP contribution in [0.15, 0.2) is 37.1 Å². The van der Waals surface area contributed by atoms with Crippen LogP contribution in [0.5, 0.6) is 5.88 Å². The Morgan fingerprint density at radius 1 is 1.30 bits per heavy atom. The van der Waals surface area contributed by atoms with Gasteiger partial charge in [-0.25, -0.2) is 19.3 Å². The van der Waals surface area contributed by atoms with Crippen molar-refractivity contribution in [1.82, 2.24) is 19.5 Å². The fourth-order valence-electron chi connectivity index (χ4n) is 3.31. The standard InChI is InChI=1S/C20H20ClFN6O2/c1-20(2,22)9-27-8-15(26-11-27)13-4-3-12(7-14(13)21)28-5-6-30-18-16(19(28)29)17(23)24-10-25-18/h3-4,7-8,10-11H,5-6,9H2,1-2H3,(H2,23,24,25). The summed E-state index contributed by atoms with van der Waals surface area (Å²) < 4.78 is 21.1. The molecular formula is C20H20ClFN6O2. The summed E-state index contributed by atoms with van der Waals surface area (Å²) in [6.07, 6.45) is 4.56. The first kappa shape index (κ1) is 20.1. The Kier molecular flexibility index (Phi) is 5.07. The van der Waals surface area contributed by atoms with Gasteiger partial charge in [0.2, 0.25) is 5.88 Å². The topological polar surface area (TPSA) is 99.2 Å². The minimum Gasteiger partial charge on any atom is -0.475 e. The van der Waals surface area contributed by atoms with Gasteiger partial charge in [-0.2, -0.15) is 0 Å². The number of aromatic nitrogens is 4. The van der Waals surface area contributed by atoms with Crippen molar-refractivity contribution in [3.05, 3.63) is 47.6 Å². The van der Waals surface area contributed by atoms with Crippen molar-refractivity contribution in [2.75, 3.05) is 23.8 Å². The van der Waals surface area contributed by atoms with E-state index in [9.17, 15) is 9.18 Å². The highest BCUT2D eigenvalue weighted by Crippen LogP contribution is 2.33. The Morgan fingerprint density at radius 3 is 2.83 bits per heavy atom. The number of hydrogen-bond donors (Lipinski definition) is 1. The van der Waals surface area contributed by atoms with Gasteiger partial charge >= 0.3 is 0 Å². The maximum Gasteiger partial charge on any atom is 0.267 e. The number of halogens is 2. The van der Waals surface area contributed by atoms with Crippen LogP contribution in [-0.2, 0) is 6.54 Å². The van der Waals surface area contributed by atoms with Crippen molar-refractivity contribution in [3.8, 4) is 17.1 Å². The molecule has 0 atom stereocenters. The lowest BCUT2D eigenvalue weighted by Crippen LogP contribution is -2.32. The highest BCUT2D eigenvalue weighted by atomic mass is 35.5. The molecule has 0 bridgehead atoms. The molecule has 0 unspecified atom stereocenters. The Labute approximate surface area is 177 Å². The number of amides is 1. The number of benzene rings is 1. The molecule has 4 rings (SSSR count). The molecule has 156 valence electrons. The van der Waals surface area contributed by atoms with E-state index in [0.717, 1.165) is 0 Å². The van der Waals surface area contributed by atoms with E-state index < -0.39 is 5.67 Å². The van der Waals surface area contributed by atoms with Crippen LogP contribution in [0.25, 0.3) is 11.3 Å². The molecule has 1 aliphatic heterocycles. The average molecular weight is 431 g/mol. The summed E-state index contributed by atoms with van der Waals surface area (Å²) in [5, 5.41) is 0.410. The Hall–Kier alpha value is -3.20. The number of alkyl halides is 1. The summed E-state index contributed by atoms with van der Waals surface area (Å²) in [6.45, 7) is 3.74. The fourth-order valence-corrected chi connectivity index (χ4v) is 3.58. The molecule has 0 saturated carbocycles. The summed E-state index contributed by atoms with van der Waals surface area (Å²) in [7, 11) is 0. The minimum absolute atomic E-state index is 0.0564. The van der Waals surface area contributed by atoms with Crippen molar-refractivity contribution >= 4 is 29.0 Å². The number of nitrogens with two attached hydrogens (primary N) is 1. The molecule has 1 aromatic carbocycles. The molecule has 0 radical (unpaired) electrons. The number of imidazole rings is 1. The lowest BCUT2D eigenvalue weighted by Gasteiger charge is -2.21. The lowest BCUT2D eigenvalue weighted by atomic mass is 10.1. The van der Waals surface area contributed by atoms with E-state index in [-0.39, 0.29) is 36.3 Å². The van der Waals surface area contributed by atoms with E-state index in [0.29, 0.717) is 28.5 Å². The van der Waals surface area contributed by atoms with Gasteiger partial charge < -0.3 is 19.9 Å². The smallest absolute Gasteiger partial charge is 0.267 e. The molecular weight excluding hydrogens is 411 g/mol. The number of rotatable bonds is 4. The van der Waals surface area contributed by atoms with Crippen molar-refractivity contribution in [2.45, 2.75) is 26.1 Å². The van der Waals surface area contributed by atoms with Gasteiger partial charge in [0.15, 0.2) is 0 Å². The Bertz CT molecular complexity index is 1110. The van der Waals surface area contributed by atoms with Gasteiger partial charge in [-0.1, -0.05) is 11.6 Å². The number of nitrogens with zero attached hydrogens (tertiary/aromatic N) is 5. The third kappa shape index (κ3) is 3.93. The van der Waals surface area contributed by atoms with Crippen LogP contribution < -0.4 is 15.4 Å². The van der Waals surface area contributed by atoms with Gasteiger partial charge in [0.1, 0.15) is 30.0 Å². The van der Waals surface area contributed by atoms with E-state index in [1.54, 1.807) is 35.3 Å². The van der Waals surface area contributed by atoms with Crippen molar-refractivity contribution in [3.63, 3.8) is 0 Å². The number of anilines is 2. The van der Waals surface area contributed by atoms with E-state index in [1.165, 1.54) is 25.1 Å². The molecule has 2 aromatic heterocycles. The van der Waals surface area contributed by atoms with E-state index in [1.807, 2.05) is 0 Å². The van der Waals surface area contributed by atoms with Gasteiger partial charge in [-0.05, 0) is 32.0 Å². The van der Waals surface area contributed by atoms with Crippen molar-refractivity contribution in [1.29, 1.82) is 0 Å². The number of fused-ring (bicyclic) bond motifs is 1. The Balaban J connectivity index is 1.64. The quantitative estimate of drug-likeness (QED) is 0.681. The summed E-state index contributed by atoms with van der Waals surface area (Å²) in [6, 6.07) is 5.22. The maximum absolute atomic E-state index is 13.9. The average Bonchev–Trinajstić information content (AvgIpc) is 3.03. The van der Waals surface area contributed by atoms with Gasteiger partial charge in [0, 0.05) is 17.4 Å². The van der Waals surface area contributed by atoms with Gasteiger partial charge in [-0.3, -0.25) is 4.79 Å².